The zero-order chi connectivity index (χ0) is 26.2. The minimum Gasteiger partial charge on any atom is -0.207 e. The van der Waals surface area contributed by atoms with Crippen LogP contribution >= 0.6 is 0 Å². The van der Waals surface area contributed by atoms with Crippen LogP contribution in [-0.4, -0.2) is 9.52 Å². The quantitative estimate of drug-likeness (QED) is 0.176. The van der Waals surface area contributed by atoms with Crippen LogP contribution in [0.4, 0.5) is 0 Å². The summed E-state index contributed by atoms with van der Waals surface area (Å²) in [5.41, 5.74) is 8.19. The maximum absolute atomic E-state index is 3.72. The van der Waals surface area contributed by atoms with E-state index in [-0.39, 0.29) is 31.2 Å². The van der Waals surface area contributed by atoms with E-state index in [1.54, 1.807) is 16.7 Å². The fraction of sp³-hybridized carbons (Fsp3) is 0.257. The van der Waals surface area contributed by atoms with Crippen LogP contribution in [0, 0.1) is 20.8 Å². The molecule has 0 unspecified atom stereocenters. The van der Waals surface area contributed by atoms with E-state index < -0.39 is 0 Å². The Labute approximate surface area is 245 Å². The van der Waals surface area contributed by atoms with Crippen molar-refractivity contribution in [3.63, 3.8) is 0 Å². The first-order valence-electron chi connectivity index (χ1n) is 13.1. The van der Waals surface area contributed by atoms with Crippen LogP contribution in [0.1, 0.15) is 67.0 Å². The minimum absolute atomic E-state index is 0. The zero-order valence-electron chi connectivity index (χ0n) is 23.2. The number of hydrogen-bond acceptors (Lipinski definition) is 0. The van der Waals surface area contributed by atoms with Gasteiger partial charge in [0.1, 0.15) is 0 Å². The van der Waals surface area contributed by atoms with Gasteiger partial charge < -0.3 is 0 Å². The second-order valence-corrected chi connectivity index (χ2v) is 13.8. The summed E-state index contributed by atoms with van der Waals surface area (Å²) in [4.78, 5) is 0. The van der Waals surface area contributed by atoms with Gasteiger partial charge in [-0.3, -0.25) is 0 Å². The van der Waals surface area contributed by atoms with Crippen molar-refractivity contribution in [3.05, 3.63) is 157 Å². The molecule has 4 aromatic rings. The molecule has 0 saturated carbocycles. The molecule has 0 atom stereocenters. The summed E-state index contributed by atoms with van der Waals surface area (Å²) in [6.45, 7) is 18.3. The van der Waals surface area contributed by atoms with Gasteiger partial charge in [-0.25, -0.2) is 6.07 Å². The Hall–Kier alpha value is -2.45. The summed E-state index contributed by atoms with van der Waals surface area (Å²) in [6.07, 6.45) is 5.50. The number of fused-ring (bicyclic) bond motifs is 1. The van der Waals surface area contributed by atoms with Crippen LogP contribution in [0.5, 0.6) is 0 Å². The Morgan fingerprint density at radius 1 is 0.676 bits per heavy atom. The minimum atomic E-state index is 0. The fourth-order valence-corrected chi connectivity index (χ4v) is 5.20. The Kier molecular flexibility index (Phi) is 15.8. The van der Waals surface area contributed by atoms with Crippen molar-refractivity contribution in [1.82, 2.24) is 0 Å². The molecule has 37 heavy (non-hydrogen) atoms. The molecule has 5 rings (SSSR count). The Balaban J connectivity index is 0.000000264. The first-order chi connectivity index (χ1) is 17.2. The smallest absolute Gasteiger partial charge is 0.207 e. The molecule has 0 saturated heterocycles. The standard InChI is InChI=1S/C14H23Si.3C7H7.Ti/c1-14(2,3)15-10-11-8-12-6-4-5-7-13(12)9-11;3*1-7-5-3-2-4-6-7;/h8-9H,4-7,10,15H2,1-3H3;3*2-6H,1H2;/q4*-1;+4. The van der Waals surface area contributed by atoms with Gasteiger partial charge in [0.05, 0.1) is 0 Å². The number of aryl methyl sites for hydroxylation is 2. The molecule has 0 nitrogen and oxygen atoms in total. The third kappa shape index (κ3) is 15.4. The molecule has 4 aromatic carbocycles. The van der Waals surface area contributed by atoms with Gasteiger partial charge in [-0.1, -0.05) is 70.7 Å². The van der Waals surface area contributed by atoms with E-state index in [4.69, 9.17) is 0 Å². The third-order valence-electron chi connectivity index (χ3n) is 5.97. The summed E-state index contributed by atoms with van der Waals surface area (Å²) in [7, 11) is 0.0538. The molecule has 0 spiro atoms. The van der Waals surface area contributed by atoms with Crippen molar-refractivity contribution < 1.29 is 21.7 Å². The largest absolute Gasteiger partial charge is 4.00 e. The predicted octanol–water partition coefficient (Wildman–Crippen LogP) is 8.78. The predicted molar refractivity (Wildman–Crippen MR) is 163 cm³/mol. The summed E-state index contributed by atoms with van der Waals surface area (Å²) < 4.78 is 0. The summed E-state index contributed by atoms with van der Waals surface area (Å²) in [5.74, 6) is 0. The maximum Gasteiger partial charge on any atom is 4.00 e. The van der Waals surface area contributed by atoms with Crippen molar-refractivity contribution >= 4 is 9.52 Å². The normalized spacial score (nSPS) is 11.9. The number of hydrogen-bond donors (Lipinski definition) is 0. The molecule has 1 aliphatic rings. The molecule has 1 aliphatic carbocycles. The van der Waals surface area contributed by atoms with E-state index in [2.05, 4.69) is 53.7 Å². The van der Waals surface area contributed by atoms with Gasteiger partial charge in [0.15, 0.2) is 0 Å². The topological polar surface area (TPSA) is 0 Å². The van der Waals surface area contributed by atoms with Gasteiger partial charge in [0.2, 0.25) is 0 Å². The summed E-state index contributed by atoms with van der Waals surface area (Å²) >= 11 is 0. The molecule has 0 aliphatic heterocycles. The monoisotopic (exact) mass is 540 g/mol. The Morgan fingerprint density at radius 2 is 1.08 bits per heavy atom. The van der Waals surface area contributed by atoms with Crippen LogP contribution in [0.15, 0.2) is 103 Å². The van der Waals surface area contributed by atoms with Gasteiger partial charge in [-0.2, -0.15) is 96.6 Å². The van der Waals surface area contributed by atoms with Gasteiger partial charge in [0.25, 0.3) is 0 Å². The molecular weight excluding hydrogens is 496 g/mol. The molecule has 0 N–H and O–H groups in total. The van der Waals surface area contributed by atoms with E-state index in [1.165, 1.54) is 31.7 Å². The Morgan fingerprint density at radius 3 is 1.41 bits per heavy atom. The Bertz CT molecular complexity index is 964. The SMILES string of the molecule is CC(C)(C)[SiH2]Cc1cc2c([cH-]1)CCCC2.[CH2-]c1ccccc1.[CH2-]c1ccccc1.[CH2-]c1ccccc1.[Ti+4]. The molecule has 0 radical (unpaired) electrons. The van der Waals surface area contributed by atoms with Crippen molar-refractivity contribution in [3.8, 4) is 0 Å². The molecular formula is C35H44SiTi. The molecule has 0 bridgehead atoms. The second kappa shape index (κ2) is 17.9. The van der Waals surface area contributed by atoms with Crippen molar-refractivity contribution in [2.45, 2.75) is 57.5 Å². The van der Waals surface area contributed by atoms with E-state index in [0.29, 0.717) is 5.04 Å². The van der Waals surface area contributed by atoms with Gasteiger partial charge in [-0.15, -0.1) is 36.4 Å². The van der Waals surface area contributed by atoms with E-state index in [0.717, 1.165) is 16.7 Å². The van der Waals surface area contributed by atoms with Crippen molar-refractivity contribution in [1.29, 1.82) is 0 Å². The first-order valence-corrected chi connectivity index (χ1v) is 14.8. The second-order valence-electron chi connectivity index (χ2n) is 10.6. The van der Waals surface area contributed by atoms with Crippen molar-refractivity contribution in [2.24, 2.45) is 0 Å². The number of rotatable bonds is 2. The van der Waals surface area contributed by atoms with Crippen LogP contribution in [0.3, 0.4) is 0 Å². The average Bonchev–Trinajstić information content (AvgIpc) is 3.28. The maximum atomic E-state index is 3.72. The third-order valence-corrected chi connectivity index (χ3v) is 8.29. The zero-order valence-corrected chi connectivity index (χ0v) is 26.2. The summed E-state index contributed by atoms with van der Waals surface area (Å²) in [6, 6.07) is 36.0. The van der Waals surface area contributed by atoms with Gasteiger partial charge in [-0.05, 0) is 5.04 Å². The van der Waals surface area contributed by atoms with Gasteiger partial charge >= 0.3 is 21.7 Å². The molecule has 2 heteroatoms. The molecule has 0 amide bonds. The molecule has 0 heterocycles. The van der Waals surface area contributed by atoms with E-state index in [9.17, 15) is 0 Å². The molecule has 0 aromatic heterocycles. The van der Waals surface area contributed by atoms with E-state index in [1.807, 2.05) is 91.0 Å². The fourth-order valence-electron chi connectivity index (χ4n) is 3.87. The molecule has 0 fully saturated rings. The first kappa shape index (κ1) is 32.6. The average molecular weight is 541 g/mol. The van der Waals surface area contributed by atoms with Crippen molar-refractivity contribution in [2.75, 3.05) is 0 Å². The van der Waals surface area contributed by atoms with E-state index >= 15 is 0 Å². The van der Waals surface area contributed by atoms with Crippen LogP contribution in [0.25, 0.3) is 0 Å². The van der Waals surface area contributed by atoms with Crippen LogP contribution < -0.4 is 0 Å². The van der Waals surface area contributed by atoms with Crippen LogP contribution in [-0.2, 0) is 40.6 Å². The summed E-state index contributed by atoms with van der Waals surface area (Å²) in [5, 5.41) is 0.609. The molecule has 192 valence electrons. The van der Waals surface area contributed by atoms with Crippen LogP contribution in [0.2, 0.25) is 5.04 Å². The number of benzene rings is 3. The van der Waals surface area contributed by atoms with Gasteiger partial charge in [0, 0.05) is 9.52 Å².